The lowest BCUT2D eigenvalue weighted by Gasteiger charge is -2.42. The Hall–Kier alpha value is -3.91. The summed E-state index contributed by atoms with van der Waals surface area (Å²) in [5, 5.41) is 14.4. The Bertz CT molecular complexity index is 1550. The number of nitrogens with zero attached hydrogens (tertiary/aromatic N) is 2. The zero-order valence-electron chi connectivity index (χ0n) is 29.2. The van der Waals surface area contributed by atoms with Gasteiger partial charge in [0.25, 0.3) is 0 Å². The molecule has 3 amide bonds. The highest BCUT2D eigenvalue weighted by atomic mass is 35.5. The van der Waals surface area contributed by atoms with E-state index in [0.717, 1.165) is 17.2 Å². The molecule has 3 aliphatic heterocycles. The van der Waals surface area contributed by atoms with Crippen LogP contribution < -0.4 is 15.0 Å². The number of methoxy groups -OCH3 is 2. The molecular weight excluding hydrogens is 658 g/mol. The topological polar surface area (TPSA) is 156 Å². The number of carbonyl (C=O) groups excluding carboxylic acids is 4. The molecule has 1 aromatic rings. The van der Waals surface area contributed by atoms with E-state index in [1.807, 2.05) is 13.0 Å². The lowest BCUT2D eigenvalue weighted by molar-refractivity contribution is -0.161. The summed E-state index contributed by atoms with van der Waals surface area (Å²) in [6.07, 6.45) is 1.99. The number of likely N-dealkylation sites (N-methyl/N-ethyl adjacent to an activating group) is 1. The van der Waals surface area contributed by atoms with Crippen molar-refractivity contribution in [1.29, 1.82) is 0 Å². The van der Waals surface area contributed by atoms with E-state index in [4.69, 9.17) is 35.3 Å². The van der Waals surface area contributed by atoms with Crippen molar-refractivity contribution < 1.29 is 48.0 Å². The SMILES string of the molecule is C=CC(=O)N(C)[C@@H](C)C(=O)O[C@H]1CC(=O)N(C)c2cc(cc(OC)c2Cl)C/C(C)=C/C=C/[C@@H](OC)[C@@]2(O)C[C@H](OC(=O)N2)[C@@H](C)[C@@H]2O[C@@]12C. The van der Waals surface area contributed by atoms with Gasteiger partial charge >= 0.3 is 12.1 Å². The molecule has 0 radical (unpaired) electrons. The van der Waals surface area contributed by atoms with Crippen LogP contribution in [-0.4, -0.2) is 104 Å². The fourth-order valence-electron chi connectivity index (χ4n) is 6.34. The molecule has 8 atom stereocenters. The molecule has 4 bridgehead atoms. The minimum atomic E-state index is -1.82. The van der Waals surface area contributed by atoms with Gasteiger partial charge in [-0.2, -0.15) is 0 Å². The third-order valence-electron chi connectivity index (χ3n) is 9.65. The molecule has 1 aromatic carbocycles. The first kappa shape index (κ1) is 37.9. The van der Waals surface area contributed by atoms with Gasteiger partial charge in [0.1, 0.15) is 40.7 Å². The monoisotopic (exact) mass is 703 g/mol. The number of carbonyl (C=O) groups is 4. The molecule has 3 heterocycles. The van der Waals surface area contributed by atoms with Crippen LogP contribution in [0, 0.1) is 5.92 Å². The predicted octanol–water partition coefficient (Wildman–Crippen LogP) is 3.70. The van der Waals surface area contributed by atoms with E-state index in [2.05, 4.69) is 11.9 Å². The van der Waals surface area contributed by atoms with Crippen molar-refractivity contribution in [2.24, 2.45) is 5.92 Å². The molecule has 4 rings (SSSR count). The van der Waals surface area contributed by atoms with Crippen LogP contribution in [0.1, 0.15) is 46.1 Å². The molecule has 268 valence electrons. The van der Waals surface area contributed by atoms with Gasteiger partial charge in [0.05, 0.1) is 25.3 Å². The number of nitrogens with one attached hydrogen (secondary N) is 1. The maximum Gasteiger partial charge on any atom is 0.409 e. The smallest absolute Gasteiger partial charge is 0.409 e. The third kappa shape index (κ3) is 7.95. The van der Waals surface area contributed by atoms with Crippen molar-refractivity contribution in [2.75, 3.05) is 33.2 Å². The summed E-state index contributed by atoms with van der Waals surface area (Å²) in [5.74, 6) is -1.85. The van der Waals surface area contributed by atoms with Gasteiger partial charge in [-0.05, 0) is 51.0 Å². The van der Waals surface area contributed by atoms with Crippen LogP contribution in [0.15, 0.2) is 48.6 Å². The lowest BCUT2D eigenvalue weighted by atomic mass is 9.83. The highest BCUT2D eigenvalue weighted by Gasteiger charge is 2.64. The number of alkyl carbamates (subject to hydrolysis) is 1. The van der Waals surface area contributed by atoms with Crippen molar-refractivity contribution >= 4 is 41.2 Å². The average Bonchev–Trinajstić information content (AvgIpc) is 3.76. The van der Waals surface area contributed by atoms with E-state index >= 15 is 0 Å². The van der Waals surface area contributed by atoms with E-state index in [9.17, 15) is 24.3 Å². The second-order valence-corrected chi connectivity index (χ2v) is 13.4. The first-order valence-corrected chi connectivity index (χ1v) is 16.4. The Morgan fingerprint density at radius 1 is 1.29 bits per heavy atom. The van der Waals surface area contributed by atoms with Gasteiger partial charge in [0.15, 0.2) is 5.72 Å². The van der Waals surface area contributed by atoms with Gasteiger partial charge in [0.2, 0.25) is 11.8 Å². The number of anilines is 1. The number of esters is 1. The molecule has 13 nitrogen and oxygen atoms in total. The average molecular weight is 704 g/mol. The zero-order chi connectivity index (χ0) is 36.4. The number of hydrogen-bond acceptors (Lipinski definition) is 10. The lowest BCUT2D eigenvalue weighted by Crippen LogP contribution is -2.63. The van der Waals surface area contributed by atoms with Gasteiger partial charge in [-0.3, -0.25) is 14.9 Å². The number of allylic oxidation sites excluding steroid dienone is 3. The molecule has 0 aromatic heterocycles. The van der Waals surface area contributed by atoms with Crippen LogP contribution in [0.25, 0.3) is 0 Å². The molecule has 2 fully saturated rings. The molecule has 49 heavy (non-hydrogen) atoms. The van der Waals surface area contributed by atoms with Gasteiger partial charge in [-0.15, -0.1) is 0 Å². The number of ether oxygens (including phenoxy) is 5. The van der Waals surface area contributed by atoms with E-state index in [0.29, 0.717) is 17.9 Å². The quantitative estimate of drug-likeness (QED) is 0.255. The van der Waals surface area contributed by atoms with Crippen LogP contribution in [0.3, 0.4) is 0 Å². The second kappa shape index (κ2) is 14.9. The van der Waals surface area contributed by atoms with Crippen molar-refractivity contribution in [3.63, 3.8) is 0 Å². The molecule has 3 aliphatic rings. The number of halogens is 1. The number of amides is 3. The highest BCUT2D eigenvalue weighted by molar-refractivity contribution is 6.35. The fraction of sp³-hybridized carbons (Fsp3) is 0.543. The summed E-state index contributed by atoms with van der Waals surface area (Å²) >= 11 is 6.72. The largest absolute Gasteiger partial charge is 0.495 e. The normalized spacial score (nSPS) is 32.7. The Labute approximate surface area is 291 Å². The van der Waals surface area contributed by atoms with Crippen molar-refractivity contribution in [3.8, 4) is 5.75 Å². The van der Waals surface area contributed by atoms with Crippen LogP contribution in [0.5, 0.6) is 5.75 Å². The Kier molecular flexibility index (Phi) is 11.5. The first-order valence-electron chi connectivity index (χ1n) is 16.0. The third-order valence-corrected chi connectivity index (χ3v) is 10.0. The zero-order valence-corrected chi connectivity index (χ0v) is 29.9. The molecule has 0 aliphatic carbocycles. The minimum absolute atomic E-state index is 0.0524. The number of aliphatic hydroxyl groups is 1. The highest BCUT2D eigenvalue weighted by Crippen LogP contribution is 2.49. The summed E-state index contributed by atoms with van der Waals surface area (Å²) < 4.78 is 28.9. The number of rotatable bonds is 6. The van der Waals surface area contributed by atoms with Crippen molar-refractivity contribution in [2.45, 2.75) is 88.7 Å². The molecule has 14 heteroatoms. The molecule has 2 N–H and O–H groups in total. The van der Waals surface area contributed by atoms with Crippen LogP contribution in [0.2, 0.25) is 5.02 Å². The Balaban J connectivity index is 1.79. The molecule has 2 saturated heterocycles. The van der Waals surface area contributed by atoms with Gasteiger partial charge in [-0.25, -0.2) is 9.59 Å². The van der Waals surface area contributed by atoms with Crippen molar-refractivity contribution in [1.82, 2.24) is 10.2 Å². The van der Waals surface area contributed by atoms with Gasteiger partial charge in [-0.1, -0.05) is 48.9 Å². The Morgan fingerprint density at radius 3 is 2.61 bits per heavy atom. The van der Waals surface area contributed by atoms with Crippen LogP contribution in [0.4, 0.5) is 10.5 Å². The van der Waals surface area contributed by atoms with E-state index in [-0.39, 0.29) is 17.9 Å². The number of benzene rings is 1. The summed E-state index contributed by atoms with van der Waals surface area (Å²) in [6, 6.07) is 2.55. The molecule has 0 saturated carbocycles. The summed E-state index contributed by atoms with van der Waals surface area (Å²) in [6.45, 7) is 10.4. The minimum Gasteiger partial charge on any atom is -0.495 e. The summed E-state index contributed by atoms with van der Waals surface area (Å²) in [7, 11) is 5.91. The Morgan fingerprint density at radius 2 is 1.98 bits per heavy atom. The first-order chi connectivity index (χ1) is 23.0. The number of hydrogen-bond donors (Lipinski definition) is 2. The predicted molar refractivity (Wildman–Crippen MR) is 181 cm³/mol. The number of fused-ring (bicyclic) bond motifs is 5. The van der Waals surface area contributed by atoms with Gasteiger partial charge < -0.3 is 38.6 Å². The standard InChI is InChI=1S/C35H46ClN3O10/c1-10-28(40)38(6)21(4)32(42)48-27-17-29(41)39(7)23-15-22(16-24(45-8)30(23)36)14-19(2)12-11-13-26(46-9)35(44)18-25(47-33(43)37-35)20(3)31-34(27,5)49-31/h10-13,15-16,20-21,25-27,31,44H,1,14,17-18H2,2-9H3,(H,37,43)/b13-11+,19-12+/t20-,21+,25+,26-,27+,31+,34+,35+/m1/s1. The molecular formula is C35H46ClN3O10. The van der Waals surface area contributed by atoms with E-state index < -0.39 is 71.6 Å². The van der Waals surface area contributed by atoms with Crippen molar-refractivity contribution in [3.05, 3.63) is 59.2 Å². The maximum atomic E-state index is 14.0. The molecule has 0 spiro atoms. The fourth-order valence-corrected chi connectivity index (χ4v) is 6.65. The maximum absolute atomic E-state index is 14.0. The second-order valence-electron chi connectivity index (χ2n) is 13.1. The number of epoxide rings is 1. The van der Waals surface area contributed by atoms with Crippen LogP contribution in [-0.2, 0) is 39.8 Å². The van der Waals surface area contributed by atoms with Crippen LogP contribution >= 0.6 is 11.6 Å². The van der Waals surface area contributed by atoms with E-state index in [1.54, 1.807) is 45.2 Å². The van der Waals surface area contributed by atoms with E-state index in [1.165, 1.54) is 38.0 Å². The molecule has 0 unspecified atom stereocenters. The summed E-state index contributed by atoms with van der Waals surface area (Å²) in [4.78, 5) is 55.0. The van der Waals surface area contributed by atoms with Gasteiger partial charge in [0, 0.05) is 33.5 Å². The summed E-state index contributed by atoms with van der Waals surface area (Å²) in [5.41, 5.74) is -0.923.